The number of carbonyl (C=O) groups is 1. The topological polar surface area (TPSA) is 56.7 Å². The van der Waals surface area contributed by atoms with E-state index in [2.05, 4.69) is 22.5 Å². The molecule has 104 valence electrons. The molecular formula is C13H26N4O. The molecule has 1 saturated carbocycles. The van der Waals surface area contributed by atoms with E-state index in [1.165, 1.54) is 25.7 Å². The molecule has 5 nitrogen and oxygen atoms in total. The SMILES string of the molecule is CCNC(=NCCC(=O)N(C)C)NC1CCCC1. The predicted molar refractivity (Wildman–Crippen MR) is 74.7 cm³/mol. The van der Waals surface area contributed by atoms with Crippen LogP contribution in [0.15, 0.2) is 4.99 Å². The fourth-order valence-corrected chi connectivity index (χ4v) is 2.07. The third-order valence-electron chi connectivity index (χ3n) is 3.13. The number of nitrogens with one attached hydrogen (secondary N) is 2. The molecular weight excluding hydrogens is 228 g/mol. The first kappa shape index (κ1) is 14.8. The molecule has 5 heteroatoms. The van der Waals surface area contributed by atoms with Gasteiger partial charge in [0, 0.05) is 33.1 Å². The van der Waals surface area contributed by atoms with Crippen molar-refractivity contribution in [1.29, 1.82) is 0 Å². The van der Waals surface area contributed by atoms with Gasteiger partial charge in [0.15, 0.2) is 5.96 Å². The summed E-state index contributed by atoms with van der Waals surface area (Å²) >= 11 is 0. The van der Waals surface area contributed by atoms with Gasteiger partial charge in [-0.05, 0) is 19.8 Å². The monoisotopic (exact) mass is 254 g/mol. The van der Waals surface area contributed by atoms with Crippen LogP contribution in [0, 0.1) is 0 Å². The van der Waals surface area contributed by atoms with E-state index in [0.717, 1.165) is 12.5 Å². The summed E-state index contributed by atoms with van der Waals surface area (Å²) < 4.78 is 0. The molecule has 0 spiro atoms. The molecule has 1 amide bonds. The first-order valence-corrected chi connectivity index (χ1v) is 6.88. The summed E-state index contributed by atoms with van der Waals surface area (Å²) in [5.74, 6) is 0.964. The number of guanidine groups is 1. The van der Waals surface area contributed by atoms with Crippen molar-refractivity contribution < 1.29 is 4.79 Å². The highest BCUT2D eigenvalue weighted by molar-refractivity contribution is 5.81. The number of hydrogen-bond donors (Lipinski definition) is 2. The van der Waals surface area contributed by atoms with Crippen molar-refractivity contribution in [1.82, 2.24) is 15.5 Å². The minimum atomic E-state index is 0.121. The van der Waals surface area contributed by atoms with E-state index in [4.69, 9.17) is 0 Å². The van der Waals surface area contributed by atoms with E-state index in [1.807, 2.05) is 0 Å². The minimum absolute atomic E-state index is 0.121. The van der Waals surface area contributed by atoms with Crippen LogP contribution < -0.4 is 10.6 Å². The van der Waals surface area contributed by atoms with Gasteiger partial charge in [-0.3, -0.25) is 9.79 Å². The molecule has 2 N–H and O–H groups in total. The summed E-state index contributed by atoms with van der Waals surface area (Å²) in [6.07, 6.45) is 5.52. The van der Waals surface area contributed by atoms with Gasteiger partial charge in [0.1, 0.15) is 0 Å². The van der Waals surface area contributed by atoms with E-state index in [1.54, 1.807) is 19.0 Å². The highest BCUT2D eigenvalue weighted by atomic mass is 16.2. The largest absolute Gasteiger partial charge is 0.357 e. The van der Waals surface area contributed by atoms with Crippen molar-refractivity contribution in [2.45, 2.75) is 45.1 Å². The smallest absolute Gasteiger partial charge is 0.223 e. The maximum Gasteiger partial charge on any atom is 0.223 e. The zero-order valence-electron chi connectivity index (χ0n) is 11.8. The normalized spacial score (nSPS) is 16.7. The lowest BCUT2D eigenvalue weighted by Crippen LogP contribution is -2.42. The Kier molecular flexibility index (Phi) is 6.54. The van der Waals surface area contributed by atoms with Gasteiger partial charge in [0.25, 0.3) is 0 Å². The molecule has 0 radical (unpaired) electrons. The Bertz CT molecular complexity index is 283. The van der Waals surface area contributed by atoms with Crippen LogP contribution in [0.3, 0.4) is 0 Å². The van der Waals surface area contributed by atoms with Crippen molar-refractivity contribution in [2.24, 2.45) is 4.99 Å². The third kappa shape index (κ3) is 5.38. The van der Waals surface area contributed by atoms with Crippen LogP contribution >= 0.6 is 0 Å². The van der Waals surface area contributed by atoms with E-state index in [0.29, 0.717) is 19.0 Å². The molecule has 1 fully saturated rings. The van der Waals surface area contributed by atoms with Gasteiger partial charge in [0.05, 0.1) is 6.54 Å². The van der Waals surface area contributed by atoms with Gasteiger partial charge in [0.2, 0.25) is 5.91 Å². The van der Waals surface area contributed by atoms with Crippen LogP contribution in [0.4, 0.5) is 0 Å². The number of amides is 1. The van der Waals surface area contributed by atoms with Gasteiger partial charge < -0.3 is 15.5 Å². The van der Waals surface area contributed by atoms with Gasteiger partial charge in [-0.15, -0.1) is 0 Å². The van der Waals surface area contributed by atoms with Gasteiger partial charge in [-0.1, -0.05) is 12.8 Å². The molecule has 0 aliphatic heterocycles. The first-order chi connectivity index (χ1) is 8.63. The van der Waals surface area contributed by atoms with Crippen LogP contribution in [0.1, 0.15) is 39.0 Å². The van der Waals surface area contributed by atoms with E-state index in [9.17, 15) is 4.79 Å². The van der Waals surface area contributed by atoms with Crippen molar-refractivity contribution >= 4 is 11.9 Å². The average molecular weight is 254 g/mol. The maximum absolute atomic E-state index is 11.4. The van der Waals surface area contributed by atoms with Crippen molar-refractivity contribution in [2.75, 3.05) is 27.2 Å². The Labute approximate surface area is 110 Å². The number of carbonyl (C=O) groups excluding carboxylic acids is 1. The molecule has 0 bridgehead atoms. The van der Waals surface area contributed by atoms with Crippen molar-refractivity contribution in [3.63, 3.8) is 0 Å². The number of nitrogens with zero attached hydrogens (tertiary/aromatic N) is 2. The minimum Gasteiger partial charge on any atom is -0.357 e. The molecule has 0 saturated heterocycles. The summed E-state index contributed by atoms with van der Waals surface area (Å²) in [5.41, 5.74) is 0. The lowest BCUT2D eigenvalue weighted by atomic mass is 10.2. The van der Waals surface area contributed by atoms with Crippen LogP contribution in [0.2, 0.25) is 0 Å². The molecule has 18 heavy (non-hydrogen) atoms. The third-order valence-corrected chi connectivity index (χ3v) is 3.13. The molecule has 0 atom stereocenters. The molecule has 0 aromatic heterocycles. The number of rotatable bonds is 5. The molecule has 1 rings (SSSR count). The second-order valence-electron chi connectivity index (χ2n) is 4.92. The maximum atomic E-state index is 11.4. The standard InChI is InChI=1S/C13H26N4O/c1-4-14-13(16-11-7-5-6-8-11)15-10-9-12(18)17(2)3/h11H,4-10H2,1-3H3,(H2,14,15,16). The van der Waals surface area contributed by atoms with E-state index in [-0.39, 0.29) is 5.91 Å². The molecule has 1 aliphatic rings. The zero-order valence-corrected chi connectivity index (χ0v) is 11.8. The second-order valence-corrected chi connectivity index (χ2v) is 4.92. The quantitative estimate of drug-likeness (QED) is 0.567. The zero-order chi connectivity index (χ0) is 13.4. The van der Waals surface area contributed by atoms with Crippen LogP contribution in [-0.2, 0) is 4.79 Å². The molecule has 0 unspecified atom stereocenters. The Morgan fingerprint density at radius 3 is 2.56 bits per heavy atom. The Hall–Kier alpha value is -1.26. The summed E-state index contributed by atoms with van der Waals surface area (Å²) in [6, 6.07) is 0.548. The number of aliphatic imine (C=N–C) groups is 1. The van der Waals surface area contributed by atoms with Gasteiger partial charge in [-0.25, -0.2) is 0 Å². The highest BCUT2D eigenvalue weighted by Crippen LogP contribution is 2.17. The van der Waals surface area contributed by atoms with Crippen LogP contribution in [0.5, 0.6) is 0 Å². The Balaban J connectivity index is 2.36. The Morgan fingerprint density at radius 1 is 1.33 bits per heavy atom. The first-order valence-electron chi connectivity index (χ1n) is 6.88. The predicted octanol–water partition coefficient (Wildman–Crippen LogP) is 0.962. The summed E-state index contributed by atoms with van der Waals surface area (Å²) in [7, 11) is 3.54. The fraction of sp³-hybridized carbons (Fsp3) is 0.846. The van der Waals surface area contributed by atoms with Crippen LogP contribution in [0.25, 0.3) is 0 Å². The lowest BCUT2D eigenvalue weighted by Gasteiger charge is -2.16. The Morgan fingerprint density at radius 2 is 2.00 bits per heavy atom. The average Bonchev–Trinajstić information content (AvgIpc) is 2.81. The molecule has 1 aliphatic carbocycles. The van der Waals surface area contributed by atoms with Gasteiger partial charge in [-0.2, -0.15) is 0 Å². The highest BCUT2D eigenvalue weighted by Gasteiger charge is 2.15. The molecule has 0 heterocycles. The summed E-state index contributed by atoms with van der Waals surface area (Å²) in [5, 5.41) is 6.66. The summed E-state index contributed by atoms with van der Waals surface area (Å²) in [6.45, 7) is 3.44. The second kappa shape index (κ2) is 7.95. The number of hydrogen-bond acceptors (Lipinski definition) is 2. The van der Waals surface area contributed by atoms with Crippen molar-refractivity contribution in [3.8, 4) is 0 Å². The van der Waals surface area contributed by atoms with Crippen LogP contribution in [-0.4, -0.2) is 50.0 Å². The molecule has 0 aromatic carbocycles. The molecule has 0 aromatic rings. The van der Waals surface area contributed by atoms with Gasteiger partial charge >= 0.3 is 0 Å². The van der Waals surface area contributed by atoms with E-state index < -0.39 is 0 Å². The fourth-order valence-electron chi connectivity index (χ4n) is 2.07. The van der Waals surface area contributed by atoms with E-state index >= 15 is 0 Å². The lowest BCUT2D eigenvalue weighted by molar-refractivity contribution is -0.128. The summed E-state index contributed by atoms with van der Waals surface area (Å²) in [4.78, 5) is 17.5. The van der Waals surface area contributed by atoms with Crippen molar-refractivity contribution in [3.05, 3.63) is 0 Å².